The number of halogens is 1. The molecule has 0 bridgehead atoms. The number of esters is 1. The van der Waals surface area contributed by atoms with Crippen molar-refractivity contribution in [3.8, 4) is 11.4 Å². The molecule has 0 amide bonds. The minimum Gasteiger partial charge on any atom is -0.497 e. The Kier molecular flexibility index (Phi) is 6.62. The molecule has 34 heavy (non-hydrogen) atoms. The highest BCUT2D eigenvalue weighted by Crippen LogP contribution is 2.20. The lowest BCUT2D eigenvalue weighted by atomic mass is 10.1. The van der Waals surface area contributed by atoms with Crippen LogP contribution in [-0.2, 0) is 22.4 Å². The predicted octanol–water partition coefficient (Wildman–Crippen LogP) is 3.56. The molecule has 0 aliphatic heterocycles. The van der Waals surface area contributed by atoms with E-state index in [0.29, 0.717) is 41.4 Å². The van der Waals surface area contributed by atoms with E-state index in [4.69, 9.17) is 9.47 Å². The summed E-state index contributed by atoms with van der Waals surface area (Å²) in [5.41, 5.74) is 3.31. The number of hydrogen-bond donors (Lipinski definition) is 2. The van der Waals surface area contributed by atoms with Crippen LogP contribution in [0.4, 0.5) is 4.39 Å². The molecule has 9 heteroatoms. The van der Waals surface area contributed by atoms with Crippen LogP contribution in [0.2, 0.25) is 0 Å². The van der Waals surface area contributed by atoms with Crippen molar-refractivity contribution in [2.24, 2.45) is 4.99 Å². The molecule has 8 nitrogen and oxygen atoms in total. The molecule has 0 radical (unpaired) electrons. The van der Waals surface area contributed by atoms with Gasteiger partial charge in [-0.25, -0.2) is 9.07 Å². The Bertz CT molecular complexity index is 1410. The summed E-state index contributed by atoms with van der Waals surface area (Å²) in [5, 5.41) is 3.83. The van der Waals surface area contributed by atoms with E-state index in [9.17, 15) is 14.0 Å². The van der Waals surface area contributed by atoms with Crippen LogP contribution in [-0.4, -0.2) is 47.2 Å². The van der Waals surface area contributed by atoms with Gasteiger partial charge in [0, 0.05) is 29.4 Å². The molecule has 0 fully saturated rings. The Morgan fingerprint density at radius 3 is 2.62 bits per heavy atom. The van der Waals surface area contributed by atoms with Crippen molar-refractivity contribution in [2.75, 3.05) is 20.8 Å². The van der Waals surface area contributed by atoms with Gasteiger partial charge in [-0.15, -0.1) is 0 Å². The second kappa shape index (κ2) is 9.78. The largest absolute Gasteiger partial charge is 0.497 e. The van der Waals surface area contributed by atoms with E-state index >= 15 is 0 Å². The van der Waals surface area contributed by atoms with Crippen LogP contribution in [0.25, 0.3) is 16.6 Å². The van der Waals surface area contributed by atoms with E-state index in [2.05, 4.69) is 15.1 Å². The lowest BCUT2D eigenvalue weighted by molar-refractivity contribution is -0.139. The number of hydrogen-bond acceptors (Lipinski definition) is 5. The van der Waals surface area contributed by atoms with E-state index in [1.54, 1.807) is 44.4 Å². The highest BCUT2D eigenvalue weighted by molar-refractivity contribution is 6.00. The zero-order chi connectivity index (χ0) is 24.2. The summed E-state index contributed by atoms with van der Waals surface area (Å²) in [7, 11) is 2.86. The number of carbonyl (C=O) groups is 1. The Morgan fingerprint density at radius 2 is 1.91 bits per heavy atom. The van der Waals surface area contributed by atoms with Gasteiger partial charge in [0.05, 0.1) is 37.6 Å². The number of methoxy groups -OCH3 is 2. The number of aliphatic imine (C=N–C) groups is 1. The van der Waals surface area contributed by atoms with Gasteiger partial charge in [-0.1, -0.05) is 0 Å². The fraction of sp³-hybridized carbons (Fsp3) is 0.240. The molecule has 2 aromatic carbocycles. The zero-order valence-corrected chi connectivity index (χ0v) is 19.1. The first-order chi connectivity index (χ1) is 16.4. The fourth-order valence-corrected chi connectivity index (χ4v) is 3.89. The Morgan fingerprint density at radius 1 is 1.15 bits per heavy atom. The van der Waals surface area contributed by atoms with E-state index in [-0.39, 0.29) is 17.8 Å². The number of carbonyl (C=O) groups excluding carboxylic acids is 1. The predicted molar refractivity (Wildman–Crippen MR) is 128 cm³/mol. The highest BCUT2D eigenvalue weighted by atomic mass is 19.1. The van der Waals surface area contributed by atoms with Gasteiger partial charge < -0.3 is 14.5 Å². The van der Waals surface area contributed by atoms with E-state index in [1.807, 2.05) is 6.20 Å². The number of nitrogens with zero attached hydrogens (tertiary/aromatic N) is 2. The average molecular weight is 464 g/mol. The molecule has 0 atom stereocenters. The van der Waals surface area contributed by atoms with Crippen molar-refractivity contribution in [1.29, 1.82) is 0 Å². The fourth-order valence-electron chi connectivity index (χ4n) is 3.89. The molecule has 4 rings (SSSR count). The van der Waals surface area contributed by atoms with Crippen LogP contribution in [0.1, 0.15) is 23.7 Å². The molecular weight excluding hydrogens is 439 g/mol. The minimum atomic E-state index is -0.474. The zero-order valence-electron chi connectivity index (χ0n) is 19.1. The van der Waals surface area contributed by atoms with Crippen molar-refractivity contribution in [2.45, 2.75) is 19.8 Å². The first-order valence-electron chi connectivity index (χ1n) is 10.7. The molecule has 4 aromatic rings. The van der Waals surface area contributed by atoms with Crippen molar-refractivity contribution in [3.05, 3.63) is 81.7 Å². The maximum atomic E-state index is 13.6. The quantitative estimate of drug-likeness (QED) is 0.308. The van der Waals surface area contributed by atoms with Crippen LogP contribution in [0, 0.1) is 5.82 Å². The van der Waals surface area contributed by atoms with E-state index in [1.165, 1.54) is 23.9 Å². The van der Waals surface area contributed by atoms with Crippen LogP contribution < -0.4 is 10.3 Å². The van der Waals surface area contributed by atoms with Crippen molar-refractivity contribution >= 4 is 22.6 Å². The number of H-pyrrole nitrogens is 2. The van der Waals surface area contributed by atoms with Crippen molar-refractivity contribution in [1.82, 2.24) is 14.8 Å². The molecule has 0 saturated heterocycles. The molecule has 176 valence electrons. The minimum absolute atomic E-state index is 0.0984. The Hall–Kier alpha value is -4.14. The third-order valence-electron chi connectivity index (χ3n) is 5.67. The van der Waals surface area contributed by atoms with Gasteiger partial charge in [-0.05, 0) is 61.4 Å². The molecule has 0 aliphatic carbocycles. The molecular formula is C25H25FN4O4. The number of rotatable bonds is 8. The summed E-state index contributed by atoms with van der Waals surface area (Å²) < 4.78 is 25.0. The molecule has 2 aromatic heterocycles. The Labute approximate surface area is 195 Å². The summed E-state index contributed by atoms with van der Waals surface area (Å²) in [5.74, 6) is -0.113. The smallest absolute Gasteiger partial charge is 0.311 e. The molecule has 0 spiro atoms. The number of aromatic amines is 2. The number of aromatic nitrogens is 3. The van der Waals surface area contributed by atoms with Gasteiger partial charge in [0.25, 0.3) is 5.56 Å². The first kappa shape index (κ1) is 23.0. The summed E-state index contributed by atoms with van der Waals surface area (Å²) in [6.07, 6.45) is 2.30. The van der Waals surface area contributed by atoms with Gasteiger partial charge in [0.15, 0.2) is 0 Å². The molecule has 2 heterocycles. The second-order valence-electron chi connectivity index (χ2n) is 7.78. The lowest BCUT2D eigenvalue weighted by Gasteiger charge is -2.03. The monoisotopic (exact) mass is 464 g/mol. The molecule has 0 unspecified atom stereocenters. The van der Waals surface area contributed by atoms with Crippen molar-refractivity contribution < 1.29 is 18.7 Å². The standard InChI is InChI=1S/C25H25FN4O4/c1-15(27-11-10-16-14-28-21-9-4-17(26)12-20(16)21)24-22(13-23(31)34-3)29-30(25(24)32)18-5-7-19(33-2)8-6-18/h4-9,12,14,28-29H,10-11,13H2,1-3H3. The number of nitrogens with one attached hydrogen (secondary N) is 2. The van der Waals surface area contributed by atoms with E-state index in [0.717, 1.165) is 16.5 Å². The summed E-state index contributed by atoms with van der Waals surface area (Å²) in [4.78, 5) is 33.0. The first-order valence-corrected chi connectivity index (χ1v) is 10.7. The topological polar surface area (TPSA) is 101 Å². The average Bonchev–Trinajstić information content (AvgIpc) is 3.39. The highest BCUT2D eigenvalue weighted by Gasteiger charge is 2.20. The van der Waals surface area contributed by atoms with Crippen molar-refractivity contribution in [3.63, 3.8) is 0 Å². The van der Waals surface area contributed by atoms with Gasteiger partial charge in [-0.2, -0.15) is 0 Å². The third kappa shape index (κ3) is 4.63. The third-order valence-corrected chi connectivity index (χ3v) is 5.67. The second-order valence-corrected chi connectivity index (χ2v) is 7.78. The summed E-state index contributed by atoms with van der Waals surface area (Å²) in [6.45, 7) is 2.12. The van der Waals surface area contributed by atoms with Crippen LogP contribution in [0.15, 0.2) is 58.4 Å². The number of benzene rings is 2. The number of ether oxygens (including phenoxy) is 2. The maximum Gasteiger partial charge on any atom is 0.311 e. The van der Waals surface area contributed by atoms with Gasteiger partial charge in [-0.3, -0.25) is 19.7 Å². The molecule has 0 saturated carbocycles. The van der Waals surface area contributed by atoms with Gasteiger partial charge in [0.1, 0.15) is 11.6 Å². The maximum absolute atomic E-state index is 13.6. The van der Waals surface area contributed by atoms with Gasteiger partial charge in [0.2, 0.25) is 0 Å². The van der Waals surface area contributed by atoms with Crippen LogP contribution >= 0.6 is 0 Å². The summed E-state index contributed by atoms with van der Waals surface area (Å²) in [6, 6.07) is 11.6. The lowest BCUT2D eigenvalue weighted by Crippen LogP contribution is -2.20. The van der Waals surface area contributed by atoms with Crippen LogP contribution in [0.3, 0.4) is 0 Å². The number of fused-ring (bicyclic) bond motifs is 1. The van der Waals surface area contributed by atoms with Gasteiger partial charge >= 0.3 is 5.97 Å². The van der Waals surface area contributed by atoms with Crippen LogP contribution in [0.5, 0.6) is 5.75 Å². The van der Waals surface area contributed by atoms with E-state index < -0.39 is 5.97 Å². The molecule has 2 N–H and O–H groups in total. The SMILES string of the molecule is COC(=O)Cc1[nH]n(-c2ccc(OC)cc2)c(=O)c1C(C)=NCCc1c[nH]c2ccc(F)cc12. The normalized spacial score (nSPS) is 11.7. The Balaban J connectivity index is 1.64. The summed E-state index contributed by atoms with van der Waals surface area (Å²) >= 11 is 0. The molecule has 0 aliphatic rings.